The summed E-state index contributed by atoms with van der Waals surface area (Å²) in [6, 6.07) is 5.84. The van der Waals surface area contributed by atoms with Gasteiger partial charge in [0, 0.05) is 19.0 Å². The number of ether oxygens (including phenoxy) is 1. The van der Waals surface area contributed by atoms with Crippen molar-refractivity contribution in [2.45, 2.75) is 46.6 Å². The first-order valence-electron chi connectivity index (χ1n) is 9.21. The highest BCUT2D eigenvalue weighted by atomic mass is 32.2. The van der Waals surface area contributed by atoms with E-state index in [1.807, 2.05) is 32.0 Å². The van der Waals surface area contributed by atoms with Crippen molar-refractivity contribution in [1.29, 1.82) is 0 Å². The molecule has 1 atom stereocenters. The molecule has 0 bridgehead atoms. The van der Waals surface area contributed by atoms with Gasteiger partial charge in [-0.3, -0.25) is 4.79 Å². The van der Waals surface area contributed by atoms with Crippen LogP contribution in [-0.2, 0) is 14.8 Å². The maximum Gasteiger partial charge on any atom is 0.223 e. The SMILES string of the molecule is CCS(=O)(=O)N1CCC(C(=O)NC(C)COc2ccc(C)c(C)c2)CC1. The van der Waals surface area contributed by atoms with E-state index in [0.717, 1.165) is 5.75 Å². The summed E-state index contributed by atoms with van der Waals surface area (Å²) in [6.07, 6.45) is 1.13. The van der Waals surface area contributed by atoms with E-state index < -0.39 is 10.0 Å². The van der Waals surface area contributed by atoms with Gasteiger partial charge in [0.25, 0.3) is 0 Å². The molecule has 0 spiro atoms. The average Bonchev–Trinajstić information content (AvgIpc) is 2.62. The Morgan fingerprint density at radius 3 is 2.50 bits per heavy atom. The zero-order valence-electron chi connectivity index (χ0n) is 16.1. The number of carbonyl (C=O) groups is 1. The molecule has 1 aliphatic heterocycles. The van der Waals surface area contributed by atoms with Gasteiger partial charge in [-0.1, -0.05) is 6.07 Å². The predicted molar refractivity (Wildman–Crippen MR) is 103 cm³/mol. The molecule has 0 radical (unpaired) electrons. The molecule has 6 nitrogen and oxygen atoms in total. The van der Waals surface area contributed by atoms with Gasteiger partial charge in [-0.2, -0.15) is 0 Å². The topological polar surface area (TPSA) is 75.7 Å². The Balaban J connectivity index is 1.78. The first-order chi connectivity index (χ1) is 12.2. The Bertz CT molecular complexity index is 725. The molecular weight excluding hydrogens is 352 g/mol. The van der Waals surface area contributed by atoms with Crippen LogP contribution in [0.2, 0.25) is 0 Å². The van der Waals surface area contributed by atoms with Crippen molar-refractivity contribution < 1.29 is 17.9 Å². The Morgan fingerprint density at radius 2 is 1.92 bits per heavy atom. The molecule has 1 aromatic carbocycles. The van der Waals surface area contributed by atoms with Crippen LogP contribution in [0.15, 0.2) is 18.2 Å². The van der Waals surface area contributed by atoms with E-state index >= 15 is 0 Å². The number of piperidine rings is 1. The highest BCUT2D eigenvalue weighted by Gasteiger charge is 2.30. The van der Waals surface area contributed by atoms with Crippen LogP contribution >= 0.6 is 0 Å². The van der Waals surface area contributed by atoms with Crippen molar-refractivity contribution >= 4 is 15.9 Å². The second kappa shape index (κ2) is 8.86. The van der Waals surface area contributed by atoms with E-state index in [-0.39, 0.29) is 23.6 Å². The van der Waals surface area contributed by atoms with Crippen LogP contribution in [0.25, 0.3) is 0 Å². The van der Waals surface area contributed by atoms with Crippen molar-refractivity contribution in [1.82, 2.24) is 9.62 Å². The van der Waals surface area contributed by atoms with Crippen LogP contribution in [-0.4, -0.2) is 50.1 Å². The number of amides is 1. The van der Waals surface area contributed by atoms with Gasteiger partial charge in [-0.15, -0.1) is 0 Å². The summed E-state index contributed by atoms with van der Waals surface area (Å²) in [5.41, 5.74) is 2.39. The van der Waals surface area contributed by atoms with Crippen molar-refractivity contribution in [3.63, 3.8) is 0 Å². The minimum Gasteiger partial charge on any atom is -0.491 e. The lowest BCUT2D eigenvalue weighted by molar-refractivity contribution is -0.126. The second-order valence-corrected chi connectivity index (χ2v) is 9.30. The predicted octanol–water partition coefficient (Wildman–Crippen LogP) is 2.25. The van der Waals surface area contributed by atoms with Gasteiger partial charge in [0.15, 0.2) is 0 Å². The molecule has 0 saturated carbocycles. The minimum absolute atomic E-state index is 0.0188. The number of hydrogen-bond acceptors (Lipinski definition) is 4. The molecule has 1 unspecified atom stereocenters. The maximum absolute atomic E-state index is 12.4. The standard InChI is InChI=1S/C19H30N2O4S/c1-5-26(23,24)21-10-8-17(9-11-21)19(22)20-16(4)13-25-18-7-6-14(2)15(3)12-18/h6-7,12,16-17H,5,8-11,13H2,1-4H3,(H,20,22). The molecule has 7 heteroatoms. The van der Waals surface area contributed by atoms with Crippen LogP contribution in [0.5, 0.6) is 5.75 Å². The van der Waals surface area contributed by atoms with Gasteiger partial charge in [-0.05, 0) is 63.8 Å². The lowest BCUT2D eigenvalue weighted by Gasteiger charge is -2.30. The van der Waals surface area contributed by atoms with Crippen LogP contribution in [0.3, 0.4) is 0 Å². The molecule has 26 heavy (non-hydrogen) atoms. The summed E-state index contributed by atoms with van der Waals surface area (Å²) in [6.45, 7) is 8.89. The van der Waals surface area contributed by atoms with Gasteiger partial charge in [0.2, 0.25) is 15.9 Å². The second-order valence-electron chi connectivity index (χ2n) is 7.04. The van der Waals surface area contributed by atoms with E-state index in [9.17, 15) is 13.2 Å². The number of benzene rings is 1. The van der Waals surface area contributed by atoms with E-state index in [2.05, 4.69) is 12.2 Å². The van der Waals surface area contributed by atoms with Crippen molar-refractivity contribution in [3.8, 4) is 5.75 Å². The van der Waals surface area contributed by atoms with Gasteiger partial charge in [0.05, 0.1) is 11.8 Å². The molecule has 1 N–H and O–H groups in total. The van der Waals surface area contributed by atoms with Crippen LogP contribution in [0.4, 0.5) is 0 Å². The molecule has 1 amide bonds. The Labute approximate surface area is 157 Å². The van der Waals surface area contributed by atoms with Gasteiger partial charge in [0.1, 0.15) is 12.4 Å². The quantitative estimate of drug-likeness (QED) is 0.785. The highest BCUT2D eigenvalue weighted by Crippen LogP contribution is 2.20. The normalized spacial score (nSPS) is 17.7. The van der Waals surface area contributed by atoms with Gasteiger partial charge in [-0.25, -0.2) is 12.7 Å². The third kappa shape index (κ3) is 5.45. The molecule has 2 rings (SSSR count). The number of carbonyl (C=O) groups excluding carboxylic acids is 1. The number of hydrogen-bond donors (Lipinski definition) is 1. The van der Waals surface area contributed by atoms with Crippen molar-refractivity contribution in [2.24, 2.45) is 5.92 Å². The zero-order valence-corrected chi connectivity index (χ0v) is 16.9. The number of rotatable bonds is 7. The molecule has 1 aliphatic rings. The molecule has 1 saturated heterocycles. The number of sulfonamides is 1. The summed E-state index contributed by atoms with van der Waals surface area (Å²) < 4.78 is 31.0. The van der Waals surface area contributed by atoms with E-state index in [1.165, 1.54) is 15.4 Å². The fourth-order valence-electron chi connectivity index (χ4n) is 3.01. The summed E-state index contributed by atoms with van der Waals surface area (Å²) >= 11 is 0. The summed E-state index contributed by atoms with van der Waals surface area (Å²) in [4.78, 5) is 12.4. The molecule has 1 fully saturated rings. The molecule has 0 aliphatic carbocycles. The Kier molecular flexibility index (Phi) is 7.06. The molecular formula is C19H30N2O4S. The van der Waals surface area contributed by atoms with E-state index in [4.69, 9.17) is 4.74 Å². The fraction of sp³-hybridized carbons (Fsp3) is 0.632. The summed E-state index contributed by atoms with van der Waals surface area (Å²) in [5, 5.41) is 2.98. The maximum atomic E-state index is 12.4. The first-order valence-corrected chi connectivity index (χ1v) is 10.8. The van der Waals surface area contributed by atoms with E-state index in [0.29, 0.717) is 32.5 Å². The highest BCUT2D eigenvalue weighted by molar-refractivity contribution is 7.89. The number of nitrogens with zero attached hydrogens (tertiary/aromatic N) is 1. The van der Waals surface area contributed by atoms with Gasteiger partial charge < -0.3 is 10.1 Å². The molecule has 1 aromatic rings. The Morgan fingerprint density at radius 1 is 1.27 bits per heavy atom. The molecule has 146 valence electrons. The molecule has 0 aromatic heterocycles. The van der Waals surface area contributed by atoms with Gasteiger partial charge >= 0.3 is 0 Å². The zero-order chi connectivity index (χ0) is 19.3. The first kappa shape index (κ1) is 20.7. The number of aryl methyl sites for hydroxylation is 2. The summed E-state index contributed by atoms with van der Waals surface area (Å²) in [5.74, 6) is 0.751. The monoisotopic (exact) mass is 382 g/mol. The third-order valence-electron chi connectivity index (χ3n) is 4.95. The molecule has 1 heterocycles. The third-order valence-corrected chi connectivity index (χ3v) is 6.83. The largest absolute Gasteiger partial charge is 0.491 e. The fourth-order valence-corrected chi connectivity index (χ4v) is 4.14. The average molecular weight is 383 g/mol. The number of nitrogens with one attached hydrogen (secondary N) is 1. The van der Waals surface area contributed by atoms with Crippen molar-refractivity contribution in [2.75, 3.05) is 25.4 Å². The van der Waals surface area contributed by atoms with Crippen molar-refractivity contribution in [3.05, 3.63) is 29.3 Å². The summed E-state index contributed by atoms with van der Waals surface area (Å²) in [7, 11) is -3.16. The van der Waals surface area contributed by atoms with Crippen LogP contribution in [0, 0.1) is 19.8 Å². The van der Waals surface area contributed by atoms with E-state index in [1.54, 1.807) is 6.92 Å². The lowest BCUT2D eigenvalue weighted by atomic mass is 9.97. The lowest BCUT2D eigenvalue weighted by Crippen LogP contribution is -2.46. The smallest absolute Gasteiger partial charge is 0.223 e. The Hall–Kier alpha value is -1.60. The van der Waals surface area contributed by atoms with Crippen LogP contribution in [0.1, 0.15) is 37.8 Å². The minimum atomic E-state index is -3.16. The van der Waals surface area contributed by atoms with Crippen LogP contribution < -0.4 is 10.1 Å².